The van der Waals surface area contributed by atoms with Crippen molar-refractivity contribution < 1.29 is 19.2 Å². The number of carbonyl (C=O) groups excluding carboxylic acids is 4. The fourth-order valence-electron chi connectivity index (χ4n) is 4.98. The maximum absolute atomic E-state index is 12.6. The molecule has 0 radical (unpaired) electrons. The van der Waals surface area contributed by atoms with E-state index in [1.165, 1.54) is 4.90 Å². The first-order chi connectivity index (χ1) is 14.9. The van der Waals surface area contributed by atoms with Crippen LogP contribution in [-0.2, 0) is 14.4 Å². The van der Waals surface area contributed by atoms with Crippen molar-refractivity contribution >= 4 is 23.8 Å². The summed E-state index contributed by atoms with van der Waals surface area (Å²) in [7, 11) is 0. The first-order valence-corrected chi connectivity index (χ1v) is 11.2. The minimum atomic E-state index is -0.691. The minimum absolute atomic E-state index is 0.0160. The SMILES string of the molecule is C[C@H](c1ccccc1)N1C[C@@H](C(=O)NCCCN2C(=O)NC3(CCCC3)C2=O)CC1=O. The smallest absolute Gasteiger partial charge is 0.325 e. The summed E-state index contributed by atoms with van der Waals surface area (Å²) < 4.78 is 0. The lowest BCUT2D eigenvalue weighted by atomic mass is 9.98. The van der Waals surface area contributed by atoms with Crippen LogP contribution in [0.5, 0.6) is 0 Å². The number of benzene rings is 1. The van der Waals surface area contributed by atoms with E-state index in [4.69, 9.17) is 0 Å². The molecule has 2 aliphatic heterocycles. The van der Waals surface area contributed by atoms with Crippen molar-refractivity contribution in [1.82, 2.24) is 20.4 Å². The number of hydrogen-bond donors (Lipinski definition) is 2. The maximum Gasteiger partial charge on any atom is 0.325 e. The van der Waals surface area contributed by atoms with Gasteiger partial charge < -0.3 is 15.5 Å². The maximum atomic E-state index is 12.6. The average Bonchev–Trinajstić information content (AvgIpc) is 3.45. The van der Waals surface area contributed by atoms with Crippen LogP contribution in [0.15, 0.2) is 30.3 Å². The Hall–Kier alpha value is -2.90. The highest BCUT2D eigenvalue weighted by Crippen LogP contribution is 2.35. The van der Waals surface area contributed by atoms with Gasteiger partial charge >= 0.3 is 6.03 Å². The topological polar surface area (TPSA) is 98.8 Å². The Morgan fingerprint density at radius 2 is 1.90 bits per heavy atom. The second-order valence-electron chi connectivity index (χ2n) is 8.85. The Kier molecular flexibility index (Phi) is 5.98. The van der Waals surface area contributed by atoms with Gasteiger partial charge in [-0.25, -0.2) is 4.79 Å². The summed E-state index contributed by atoms with van der Waals surface area (Å²) in [6, 6.07) is 9.38. The van der Waals surface area contributed by atoms with Crippen LogP contribution >= 0.6 is 0 Å². The van der Waals surface area contributed by atoms with E-state index in [-0.39, 0.29) is 48.7 Å². The van der Waals surface area contributed by atoms with E-state index < -0.39 is 5.54 Å². The summed E-state index contributed by atoms with van der Waals surface area (Å²) in [5.74, 6) is -0.677. The van der Waals surface area contributed by atoms with Gasteiger partial charge in [0.2, 0.25) is 11.8 Å². The van der Waals surface area contributed by atoms with Crippen molar-refractivity contribution in [3.63, 3.8) is 0 Å². The molecule has 2 heterocycles. The van der Waals surface area contributed by atoms with Crippen LogP contribution in [0.3, 0.4) is 0 Å². The van der Waals surface area contributed by atoms with E-state index in [9.17, 15) is 19.2 Å². The normalized spacial score (nSPS) is 23.5. The van der Waals surface area contributed by atoms with Gasteiger partial charge in [-0.1, -0.05) is 43.2 Å². The molecule has 2 atom stereocenters. The molecule has 1 aromatic carbocycles. The van der Waals surface area contributed by atoms with Crippen molar-refractivity contribution in [2.75, 3.05) is 19.6 Å². The van der Waals surface area contributed by atoms with Gasteiger partial charge in [-0.3, -0.25) is 19.3 Å². The molecule has 1 saturated carbocycles. The van der Waals surface area contributed by atoms with Crippen LogP contribution in [0.1, 0.15) is 57.1 Å². The van der Waals surface area contributed by atoms with Gasteiger partial charge in [0, 0.05) is 26.1 Å². The van der Waals surface area contributed by atoms with Crippen LogP contribution in [0.4, 0.5) is 4.79 Å². The predicted octanol–water partition coefficient (Wildman–Crippen LogP) is 1.97. The number of carbonyl (C=O) groups is 4. The first kappa shape index (κ1) is 21.3. The van der Waals surface area contributed by atoms with Crippen molar-refractivity contribution in [3.8, 4) is 0 Å². The number of amides is 5. The van der Waals surface area contributed by atoms with Gasteiger partial charge in [0.05, 0.1) is 12.0 Å². The molecule has 31 heavy (non-hydrogen) atoms. The Morgan fingerprint density at radius 3 is 2.61 bits per heavy atom. The molecule has 4 rings (SSSR count). The number of hydrogen-bond acceptors (Lipinski definition) is 4. The zero-order valence-corrected chi connectivity index (χ0v) is 17.9. The van der Waals surface area contributed by atoms with Gasteiger partial charge in [-0.05, 0) is 31.7 Å². The molecule has 0 bridgehead atoms. The van der Waals surface area contributed by atoms with E-state index in [1.54, 1.807) is 4.90 Å². The largest absolute Gasteiger partial charge is 0.356 e. The first-order valence-electron chi connectivity index (χ1n) is 11.2. The summed E-state index contributed by atoms with van der Waals surface area (Å²) in [5.41, 5.74) is 0.356. The predicted molar refractivity (Wildman–Crippen MR) is 114 cm³/mol. The van der Waals surface area contributed by atoms with E-state index in [0.29, 0.717) is 32.4 Å². The third-order valence-electron chi connectivity index (χ3n) is 6.84. The molecule has 166 valence electrons. The van der Waals surface area contributed by atoms with Gasteiger partial charge in [0.25, 0.3) is 5.91 Å². The second kappa shape index (κ2) is 8.69. The fourth-order valence-corrected chi connectivity index (χ4v) is 4.98. The van der Waals surface area contributed by atoms with E-state index in [2.05, 4.69) is 10.6 Å². The van der Waals surface area contributed by atoms with Crippen LogP contribution in [-0.4, -0.2) is 58.7 Å². The molecule has 1 spiro atoms. The molecule has 8 heteroatoms. The molecule has 2 N–H and O–H groups in total. The third-order valence-corrected chi connectivity index (χ3v) is 6.84. The number of nitrogens with zero attached hydrogens (tertiary/aromatic N) is 2. The monoisotopic (exact) mass is 426 g/mol. The number of likely N-dealkylation sites (tertiary alicyclic amines) is 1. The Morgan fingerprint density at radius 1 is 1.19 bits per heavy atom. The highest BCUT2D eigenvalue weighted by Gasteiger charge is 2.52. The van der Waals surface area contributed by atoms with Gasteiger partial charge in [0.15, 0.2) is 0 Å². The number of rotatable bonds is 7. The Labute approximate surface area is 182 Å². The molecule has 5 amide bonds. The third kappa shape index (κ3) is 4.16. The van der Waals surface area contributed by atoms with Crippen LogP contribution in [0.25, 0.3) is 0 Å². The lowest BCUT2D eigenvalue weighted by molar-refractivity contribution is -0.131. The molecule has 1 aromatic rings. The zero-order valence-electron chi connectivity index (χ0n) is 17.9. The second-order valence-corrected chi connectivity index (χ2v) is 8.85. The van der Waals surface area contributed by atoms with Crippen molar-refractivity contribution in [2.45, 2.75) is 57.0 Å². The van der Waals surface area contributed by atoms with Gasteiger partial charge in [0.1, 0.15) is 5.54 Å². The van der Waals surface area contributed by atoms with Gasteiger partial charge in [-0.2, -0.15) is 0 Å². The molecule has 1 aliphatic carbocycles. The highest BCUT2D eigenvalue weighted by atomic mass is 16.2. The van der Waals surface area contributed by atoms with E-state index in [0.717, 1.165) is 18.4 Å². The van der Waals surface area contributed by atoms with Crippen molar-refractivity contribution in [2.24, 2.45) is 5.92 Å². The summed E-state index contributed by atoms with van der Waals surface area (Å²) >= 11 is 0. The van der Waals surface area contributed by atoms with Crippen molar-refractivity contribution in [3.05, 3.63) is 35.9 Å². The minimum Gasteiger partial charge on any atom is -0.356 e. The Balaban J connectivity index is 1.23. The number of nitrogens with one attached hydrogen (secondary N) is 2. The summed E-state index contributed by atoms with van der Waals surface area (Å²) in [6.45, 7) is 3.02. The Bertz CT molecular complexity index is 866. The van der Waals surface area contributed by atoms with Gasteiger partial charge in [-0.15, -0.1) is 0 Å². The summed E-state index contributed by atoms with van der Waals surface area (Å²) in [6.07, 6.45) is 4.02. The quantitative estimate of drug-likeness (QED) is 0.514. The summed E-state index contributed by atoms with van der Waals surface area (Å²) in [5, 5.41) is 5.74. The molecule has 2 saturated heterocycles. The van der Waals surface area contributed by atoms with Crippen LogP contribution < -0.4 is 10.6 Å². The number of imide groups is 1. The highest BCUT2D eigenvalue weighted by molar-refractivity contribution is 6.07. The fraction of sp³-hybridized carbons (Fsp3) is 0.565. The van der Waals surface area contributed by atoms with Crippen molar-refractivity contribution in [1.29, 1.82) is 0 Å². The summed E-state index contributed by atoms with van der Waals surface area (Å²) in [4.78, 5) is 52.9. The molecule has 3 aliphatic rings. The molecule has 8 nitrogen and oxygen atoms in total. The van der Waals surface area contributed by atoms with E-state index in [1.807, 2.05) is 37.3 Å². The molecular weight excluding hydrogens is 396 g/mol. The average molecular weight is 427 g/mol. The standard InChI is InChI=1S/C23H30N4O4/c1-16(17-8-3-2-4-9-17)27-15-18(14-19(27)28)20(29)24-12-7-13-26-21(30)23(25-22(26)31)10-5-6-11-23/h2-4,8-9,16,18H,5-7,10-15H2,1H3,(H,24,29)(H,25,31)/t16-,18+/m1/s1. The van der Waals surface area contributed by atoms with E-state index >= 15 is 0 Å². The molecule has 0 unspecified atom stereocenters. The molecular formula is C23H30N4O4. The number of urea groups is 1. The lowest BCUT2D eigenvalue weighted by Crippen LogP contribution is -2.44. The zero-order chi connectivity index (χ0) is 22.0. The molecule has 0 aromatic heterocycles. The molecule has 3 fully saturated rings. The van der Waals surface area contributed by atoms with Crippen LogP contribution in [0, 0.1) is 5.92 Å². The van der Waals surface area contributed by atoms with Crippen LogP contribution in [0.2, 0.25) is 0 Å². The lowest BCUT2D eigenvalue weighted by Gasteiger charge is -2.25.